The Labute approximate surface area is 146 Å². The van der Waals surface area contributed by atoms with Gasteiger partial charge in [0.1, 0.15) is 0 Å². The third-order valence-electron chi connectivity index (χ3n) is 5.68. The van der Waals surface area contributed by atoms with E-state index in [1.807, 2.05) is 7.05 Å². The van der Waals surface area contributed by atoms with E-state index in [1.54, 1.807) is 0 Å². The van der Waals surface area contributed by atoms with Crippen LogP contribution >= 0.6 is 0 Å². The fourth-order valence-corrected chi connectivity index (χ4v) is 4.18. The third-order valence-corrected chi connectivity index (χ3v) is 5.68. The van der Waals surface area contributed by atoms with Crippen molar-refractivity contribution in [2.45, 2.75) is 56.9 Å². The zero-order valence-electron chi connectivity index (χ0n) is 15.1. The Morgan fingerprint density at radius 1 is 1.21 bits per heavy atom. The summed E-state index contributed by atoms with van der Waals surface area (Å²) in [6.07, 6.45) is 7.31. The van der Waals surface area contributed by atoms with E-state index in [0.29, 0.717) is 6.04 Å². The predicted molar refractivity (Wildman–Crippen MR) is 99.7 cm³/mol. The Hall–Kier alpha value is -1.55. The quantitative estimate of drug-likeness (QED) is 0.659. The van der Waals surface area contributed by atoms with Crippen molar-refractivity contribution in [1.82, 2.24) is 10.6 Å². The molecule has 2 fully saturated rings. The molecule has 0 atom stereocenters. The SMILES string of the molecule is CN=C(NCC1(c2ccccc2C)CCOCC1)NC1CCCC1. The summed E-state index contributed by atoms with van der Waals surface area (Å²) in [7, 11) is 1.87. The number of nitrogens with one attached hydrogen (secondary N) is 2. The molecule has 0 radical (unpaired) electrons. The minimum atomic E-state index is 0.136. The average molecular weight is 329 g/mol. The van der Waals surface area contributed by atoms with E-state index in [4.69, 9.17) is 4.74 Å². The molecule has 2 N–H and O–H groups in total. The second-order valence-corrected chi connectivity index (χ2v) is 7.26. The molecule has 3 rings (SSSR count). The van der Waals surface area contributed by atoms with Gasteiger partial charge in [0, 0.05) is 38.3 Å². The van der Waals surface area contributed by atoms with Crippen LogP contribution in [0.25, 0.3) is 0 Å². The van der Waals surface area contributed by atoms with Crippen LogP contribution in [0.2, 0.25) is 0 Å². The van der Waals surface area contributed by atoms with Gasteiger partial charge in [0.15, 0.2) is 5.96 Å². The molecule has 4 nitrogen and oxygen atoms in total. The Morgan fingerprint density at radius 3 is 2.58 bits per heavy atom. The molecule has 24 heavy (non-hydrogen) atoms. The van der Waals surface area contributed by atoms with E-state index in [-0.39, 0.29) is 5.41 Å². The molecule has 1 saturated carbocycles. The smallest absolute Gasteiger partial charge is 0.191 e. The first-order valence-corrected chi connectivity index (χ1v) is 9.34. The number of ether oxygens (including phenoxy) is 1. The standard InChI is InChI=1S/C20H31N3O/c1-16-7-3-6-10-18(16)20(11-13-24-14-12-20)15-22-19(21-2)23-17-8-4-5-9-17/h3,6-7,10,17H,4-5,8-9,11-15H2,1-2H3,(H2,21,22,23). The van der Waals surface area contributed by atoms with Crippen LogP contribution in [0, 0.1) is 6.92 Å². The van der Waals surface area contributed by atoms with Gasteiger partial charge in [0.05, 0.1) is 0 Å². The van der Waals surface area contributed by atoms with E-state index >= 15 is 0 Å². The molecule has 0 bridgehead atoms. The normalized spacial score (nSPS) is 21.7. The van der Waals surface area contributed by atoms with Gasteiger partial charge in [-0.3, -0.25) is 4.99 Å². The van der Waals surface area contributed by atoms with Gasteiger partial charge in [-0.1, -0.05) is 37.1 Å². The van der Waals surface area contributed by atoms with Gasteiger partial charge < -0.3 is 15.4 Å². The van der Waals surface area contributed by atoms with E-state index in [9.17, 15) is 0 Å². The highest BCUT2D eigenvalue weighted by Gasteiger charge is 2.35. The molecule has 1 saturated heterocycles. The molecule has 2 aliphatic rings. The van der Waals surface area contributed by atoms with Crippen LogP contribution in [0.5, 0.6) is 0 Å². The first kappa shape index (κ1) is 17.3. The fourth-order valence-electron chi connectivity index (χ4n) is 4.18. The van der Waals surface area contributed by atoms with Crippen LogP contribution in [0.3, 0.4) is 0 Å². The number of guanidine groups is 1. The van der Waals surface area contributed by atoms with Crippen molar-refractivity contribution < 1.29 is 4.74 Å². The molecule has 1 aromatic carbocycles. The second-order valence-electron chi connectivity index (χ2n) is 7.26. The van der Waals surface area contributed by atoms with Crippen molar-refractivity contribution in [2.75, 3.05) is 26.8 Å². The van der Waals surface area contributed by atoms with Gasteiger partial charge in [-0.15, -0.1) is 0 Å². The van der Waals surface area contributed by atoms with Crippen LogP contribution in [0.15, 0.2) is 29.3 Å². The zero-order valence-corrected chi connectivity index (χ0v) is 15.1. The van der Waals surface area contributed by atoms with Crippen molar-refractivity contribution in [3.05, 3.63) is 35.4 Å². The summed E-state index contributed by atoms with van der Waals surface area (Å²) in [6, 6.07) is 9.37. The van der Waals surface area contributed by atoms with Crippen LogP contribution in [-0.2, 0) is 10.2 Å². The van der Waals surface area contributed by atoms with Gasteiger partial charge in [0.25, 0.3) is 0 Å². The number of benzene rings is 1. The molecule has 4 heteroatoms. The molecule has 0 spiro atoms. The lowest BCUT2D eigenvalue weighted by Gasteiger charge is -2.39. The second kappa shape index (κ2) is 8.02. The van der Waals surface area contributed by atoms with Crippen molar-refractivity contribution in [3.8, 4) is 0 Å². The minimum absolute atomic E-state index is 0.136. The Bertz CT molecular complexity index is 558. The Kier molecular flexibility index (Phi) is 5.77. The van der Waals surface area contributed by atoms with Crippen LogP contribution in [0.4, 0.5) is 0 Å². The highest BCUT2D eigenvalue weighted by molar-refractivity contribution is 5.80. The van der Waals surface area contributed by atoms with Crippen molar-refractivity contribution >= 4 is 5.96 Å². The maximum absolute atomic E-state index is 5.65. The molecule has 1 aliphatic carbocycles. The zero-order chi connectivity index (χ0) is 16.8. The molecule has 0 amide bonds. The number of aryl methyl sites for hydroxylation is 1. The van der Waals surface area contributed by atoms with Crippen molar-refractivity contribution in [2.24, 2.45) is 4.99 Å². The van der Waals surface area contributed by atoms with Crippen molar-refractivity contribution in [3.63, 3.8) is 0 Å². The van der Waals surface area contributed by atoms with Crippen LogP contribution in [-0.4, -0.2) is 38.8 Å². The number of aliphatic imine (C=N–C) groups is 1. The van der Waals surface area contributed by atoms with Gasteiger partial charge in [-0.05, 0) is 43.7 Å². The lowest BCUT2D eigenvalue weighted by molar-refractivity contribution is 0.0511. The largest absolute Gasteiger partial charge is 0.381 e. The Balaban J connectivity index is 1.71. The molecular weight excluding hydrogens is 298 g/mol. The minimum Gasteiger partial charge on any atom is -0.381 e. The van der Waals surface area contributed by atoms with Gasteiger partial charge in [0.2, 0.25) is 0 Å². The summed E-state index contributed by atoms with van der Waals surface area (Å²) >= 11 is 0. The Morgan fingerprint density at radius 2 is 1.92 bits per heavy atom. The van der Waals surface area contributed by atoms with Crippen LogP contribution < -0.4 is 10.6 Å². The highest BCUT2D eigenvalue weighted by atomic mass is 16.5. The van der Waals surface area contributed by atoms with Gasteiger partial charge in [-0.25, -0.2) is 0 Å². The van der Waals surface area contributed by atoms with Gasteiger partial charge >= 0.3 is 0 Å². The molecular formula is C20H31N3O. The third kappa shape index (κ3) is 3.92. The molecule has 1 heterocycles. The summed E-state index contributed by atoms with van der Waals surface area (Å²) in [5.41, 5.74) is 2.97. The summed E-state index contributed by atoms with van der Waals surface area (Å²) in [5, 5.41) is 7.21. The van der Waals surface area contributed by atoms with E-state index in [2.05, 4.69) is 46.8 Å². The lowest BCUT2D eigenvalue weighted by Crippen LogP contribution is -2.50. The van der Waals surface area contributed by atoms with Gasteiger partial charge in [-0.2, -0.15) is 0 Å². The molecule has 0 unspecified atom stereocenters. The molecule has 0 aromatic heterocycles. The average Bonchev–Trinajstić information content (AvgIpc) is 3.13. The number of hydrogen-bond acceptors (Lipinski definition) is 2. The van der Waals surface area contributed by atoms with E-state index < -0.39 is 0 Å². The highest BCUT2D eigenvalue weighted by Crippen LogP contribution is 2.36. The van der Waals surface area contributed by atoms with Crippen LogP contribution in [0.1, 0.15) is 49.7 Å². The molecule has 1 aliphatic heterocycles. The maximum Gasteiger partial charge on any atom is 0.191 e. The summed E-state index contributed by atoms with van der Waals surface area (Å²) < 4.78 is 5.65. The molecule has 1 aromatic rings. The maximum atomic E-state index is 5.65. The van der Waals surface area contributed by atoms with E-state index in [0.717, 1.165) is 38.6 Å². The topological polar surface area (TPSA) is 45.7 Å². The number of hydrogen-bond donors (Lipinski definition) is 2. The predicted octanol–water partition coefficient (Wildman–Crippen LogP) is 3.15. The fraction of sp³-hybridized carbons (Fsp3) is 0.650. The van der Waals surface area contributed by atoms with E-state index in [1.165, 1.54) is 36.8 Å². The molecule has 132 valence electrons. The first-order chi connectivity index (χ1) is 11.7. The number of nitrogens with zero attached hydrogens (tertiary/aromatic N) is 1. The first-order valence-electron chi connectivity index (χ1n) is 9.34. The summed E-state index contributed by atoms with van der Waals surface area (Å²) in [4.78, 5) is 4.45. The summed E-state index contributed by atoms with van der Waals surface area (Å²) in [6.45, 7) is 4.81. The lowest BCUT2D eigenvalue weighted by atomic mass is 9.72. The summed E-state index contributed by atoms with van der Waals surface area (Å²) in [5.74, 6) is 0.946. The monoisotopic (exact) mass is 329 g/mol. The van der Waals surface area contributed by atoms with Crippen molar-refractivity contribution in [1.29, 1.82) is 0 Å². The number of rotatable bonds is 4.